The number of ketones is 1. The lowest BCUT2D eigenvalue weighted by molar-refractivity contribution is -0.140. The van der Waals surface area contributed by atoms with Gasteiger partial charge in [-0.2, -0.15) is 0 Å². The van der Waals surface area contributed by atoms with Crippen molar-refractivity contribution in [1.82, 2.24) is 0 Å². The highest BCUT2D eigenvalue weighted by Crippen LogP contribution is 2.21. The average molecular weight is 338 g/mol. The molecule has 0 aromatic heterocycles. The van der Waals surface area contributed by atoms with Crippen molar-refractivity contribution in [3.8, 4) is 0 Å². The van der Waals surface area contributed by atoms with E-state index in [0.29, 0.717) is 43.5 Å². The number of oxime groups is 1. The van der Waals surface area contributed by atoms with Crippen LogP contribution < -0.4 is 0 Å². The first-order chi connectivity index (χ1) is 11.1. The SMILES string of the molecule is COC(=O)CCCCC(=O)CC1CC(c2ccc(Cl)cc2)=NO1. The summed E-state index contributed by atoms with van der Waals surface area (Å²) >= 11 is 5.86. The number of carbonyl (C=O) groups excluding carboxylic acids is 2. The van der Waals surface area contributed by atoms with E-state index in [1.165, 1.54) is 7.11 Å². The highest BCUT2D eigenvalue weighted by Gasteiger charge is 2.24. The number of hydrogen-bond donors (Lipinski definition) is 0. The highest BCUT2D eigenvalue weighted by molar-refractivity contribution is 6.30. The average Bonchev–Trinajstić information content (AvgIpc) is 3.00. The van der Waals surface area contributed by atoms with Crippen molar-refractivity contribution in [3.63, 3.8) is 0 Å². The quantitative estimate of drug-likeness (QED) is 0.537. The summed E-state index contributed by atoms with van der Waals surface area (Å²) in [6.45, 7) is 0. The van der Waals surface area contributed by atoms with Gasteiger partial charge < -0.3 is 9.57 Å². The van der Waals surface area contributed by atoms with E-state index in [0.717, 1.165) is 11.3 Å². The van der Waals surface area contributed by atoms with Crippen molar-refractivity contribution in [1.29, 1.82) is 0 Å². The summed E-state index contributed by atoms with van der Waals surface area (Å²) in [7, 11) is 1.36. The number of halogens is 1. The topological polar surface area (TPSA) is 65.0 Å². The van der Waals surface area contributed by atoms with Gasteiger partial charge in [-0.25, -0.2) is 0 Å². The number of carbonyl (C=O) groups is 2. The van der Waals surface area contributed by atoms with Gasteiger partial charge in [0.05, 0.1) is 12.8 Å². The number of benzene rings is 1. The molecular weight excluding hydrogens is 318 g/mol. The molecule has 1 unspecified atom stereocenters. The summed E-state index contributed by atoms with van der Waals surface area (Å²) in [5.74, 6) is -0.106. The minimum Gasteiger partial charge on any atom is -0.469 e. The van der Waals surface area contributed by atoms with Crippen LogP contribution in [0.1, 0.15) is 44.1 Å². The van der Waals surface area contributed by atoms with Crippen LogP contribution in [-0.4, -0.2) is 30.7 Å². The Kier molecular flexibility index (Phi) is 6.59. The van der Waals surface area contributed by atoms with Crippen LogP contribution in [0.25, 0.3) is 0 Å². The van der Waals surface area contributed by atoms with Gasteiger partial charge in [-0.05, 0) is 30.5 Å². The standard InChI is InChI=1S/C17H20ClNO4/c1-22-17(21)5-3-2-4-14(20)10-15-11-16(19-23-15)12-6-8-13(18)9-7-12/h6-9,15H,2-5,10-11H2,1H3. The van der Waals surface area contributed by atoms with Gasteiger partial charge in [-0.1, -0.05) is 28.9 Å². The Hall–Kier alpha value is -1.88. The first-order valence-electron chi connectivity index (χ1n) is 7.65. The molecule has 1 atom stereocenters. The van der Waals surface area contributed by atoms with Gasteiger partial charge in [0.15, 0.2) is 0 Å². The Labute approximate surface area is 140 Å². The molecular formula is C17H20ClNO4. The number of esters is 1. The van der Waals surface area contributed by atoms with Crippen molar-refractivity contribution < 1.29 is 19.2 Å². The Balaban J connectivity index is 1.69. The van der Waals surface area contributed by atoms with Crippen molar-refractivity contribution in [2.75, 3.05) is 7.11 Å². The second-order valence-corrected chi connectivity index (χ2v) is 5.94. The van der Waals surface area contributed by atoms with Crippen LogP contribution in [0, 0.1) is 0 Å². The summed E-state index contributed by atoms with van der Waals surface area (Å²) < 4.78 is 4.56. The molecule has 0 radical (unpaired) electrons. The van der Waals surface area contributed by atoms with Crippen LogP contribution in [0.2, 0.25) is 5.02 Å². The van der Waals surface area contributed by atoms with E-state index >= 15 is 0 Å². The largest absolute Gasteiger partial charge is 0.469 e. The van der Waals surface area contributed by atoms with E-state index in [1.54, 1.807) is 12.1 Å². The van der Waals surface area contributed by atoms with E-state index < -0.39 is 0 Å². The third-order valence-corrected chi connectivity index (χ3v) is 3.93. The molecule has 0 amide bonds. The lowest BCUT2D eigenvalue weighted by Gasteiger charge is -2.07. The van der Waals surface area contributed by atoms with Crippen LogP contribution in [0.4, 0.5) is 0 Å². The molecule has 5 nitrogen and oxygen atoms in total. The van der Waals surface area contributed by atoms with Gasteiger partial charge in [0, 0.05) is 30.7 Å². The first-order valence-corrected chi connectivity index (χ1v) is 8.03. The zero-order valence-corrected chi connectivity index (χ0v) is 13.8. The molecule has 0 spiro atoms. The summed E-state index contributed by atoms with van der Waals surface area (Å²) in [5, 5.41) is 4.73. The summed E-state index contributed by atoms with van der Waals surface area (Å²) in [4.78, 5) is 28.3. The third-order valence-electron chi connectivity index (χ3n) is 3.68. The molecule has 1 aromatic rings. The van der Waals surface area contributed by atoms with Crippen molar-refractivity contribution in [2.45, 2.75) is 44.6 Å². The van der Waals surface area contributed by atoms with E-state index in [4.69, 9.17) is 16.4 Å². The number of methoxy groups -OCH3 is 1. The molecule has 124 valence electrons. The molecule has 23 heavy (non-hydrogen) atoms. The zero-order valence-electron chi connectivity index (χ0n) is 13.1. The van der Waals surface area contributed by atoms with Crippen LogP contribution in [0.3, 0.4) is 0 Å². The van der Waals surface area contributed by atoms with Gasteiger partial charge in [0.2, 0.25) is 0 Å². The second kappa shape index (κ2) is 8.67. The lowest BCUT2D eigenvalue weighted by atomic mass is 10.0. The molecule has 0 saturated heterocycles. The Morgan fingerprint density at radius 1 is 1.26 bits per heavy atom. The molecule has 1 aliphatic rings. The van der Waals surface area contributed by atoms with Crippen LogP contribution in [0.15, 0.2) is 29.4 Å². The van der Waals surface area contributed by atoms with Gasteiger partial charge in [0.1, 0.15) is 11.9 Å². The Bertz CT molecular complexity index is 583. The van der Waals surface area contributed by atoms with Crippen molar-refractivity contribution >= 4 is 29.1 Å². The zero-order chi connectivity index (χ0) is 16.7. The van der Waals surface area contributed by atoms with Crippen LogP contribution >= 0.6 is 11.6 Å². The van der Waals surface area contributed by atoms with E-state index in [-0.39, 0.29) is 17.9 Å². The predicted octanol–water partition coefficient (Wildman–Crippen LogP) is 3.53. The molecule has 0 aliphatic carbocycles. The number of nitrogens with zero attached hydrogens (tertiary/aromatic N) is 1. The second-order valence-electron chi connectivity index (χ2n) is 5.50. The van der Waals surface area contributed by atoms with Crippen LogP contribution in [-0.2, 0) is 19.2 Å². The summed E-state index contributed by atoms with van der Waals surface area (Å²) in [5.41, 5.74) is 1.80. The van der Waals surface area contributed by atoms with Gasteiger partial charge in [-0.15, -0.1) is 0 Å². The summed E-state index contributed by atoms with van der Waals surface area (Å²) in [6.07, 6.45) is 2.92. The Morgan fingerprint density at radius 3 is 2.65 bits per heavy atom. The molecule has 0 bridgehead atoms. The molecule has 1 aliphatic heterocycles. The minimum absolute atomic E-state index is 0.132. The number of rotatable bonds is 8. The normalized spacial score (nSPS) is 16.6. The maximum absolute atomic E-state index is 11.9. The fourth-order valence-electron chi connectivity index (χ4n) is 2.40. The molecule has 0 N–H and O–H groups in total. The van der Waals surface area contributed by atoms with Crippen molar-refractivity contribution in [2.24, 2.45) is 5.16 Å². The third kappa shape index (κ3) is 5.67. The lowest BCUT2D eigenvalue weighted by Crippen LogP contribution is -2.14. The summed E-state index contributed by atoms with van der Waals surface area (Å²) in [6, 6.07) is 7.39. The van der Waals surface area contributed by atoms with Gasteiger partial charge >= 0.3 is 5.97 Å². The molecule has 1 heterocycles. The number of hydrogen-bond acceptors (Lipinski definition) is 5. The molecule has 0 saturated carbocycles. The van der Waals surface area contributed by atoms with E-state index in [1.807, 2.05) is 12.1 Å². The van der Waals surface area contributed by atoms with E-state index in [2.05, 4.69) is 9.89 Å². The Morgan fingerprint density at radius 2 is 1.96 bits per heavy atom. The predicted molar refractivity (Wildman–Crippen MR) is 87.6 cm³/mol. The molecule has 0 fully saturated rings. The maximum atomic E-state index is 11.9. The minimum atomic E-state index is -0.238. The van der Waals surface area contributed by atoms with E-state index in [9.17, 15) is 9.59 Å². The van der Waals surface area contributed by atoms with Crippen molar-refractivity contribution in [3.05, 3.63) is 34.9 Å². The smallest absolute Gasteiger partial charge is 0.305 e. The fourth-order valence-corrected chi connectivity index (χ4v) is 2.53. The maximum Gasteiger partial charge on any atom is 0.305 e. The molecule has 1 aromatic carbocycles. The number of Topliss-reactive ketones (excluding diaryl/α,β-unsaturated/α-hetero) is 1. The molecule has 6 heteroatoms. The highest BCUT2D eigenvalue weighted by atomic mass is 35.5. The number of unbranched alkanes of at least 4 members (excludes halogenated alkanes) is 1. The molecule has 2 rings (SSSR count). The monoisotopic (exact) mass is 337 g/mol. The fraction of sp³-hybridized carbons (Fsp3) is 0.471. The number of ether oxygens (including phenoxy) is 1. The first kappa shape index (κ1) is 17.5. The van der Waals surface area contributed by atoms with Gasteiger partial charge in [-0.3, -0.25) is 9.59 Å². The van der Waals surface area contributed by atoms with Gasteiger partial charge in [0.25, 0.3) is 0 Å². The van der Waals surface area contributed by atoms with Crippen LogP contribution in [0.5, 0.6) is 0 Å².